The van der Waals surface area contributed by atoms with Crippen molar-refractivity contribution in [2.24, 2.45) is 0 Å². The summed E-state index contributed by atoms with van der Waals surface area (Å²) >= 11 is 0. The third-order valence-electron chi connectivity index (χ3n) is 5.51. The number of Topliss-reactive ketones (excluding diaryl/α,β-unsaturated/α-hetero) is 1. The first-order valence-electron chi connectivity index (χ1n) is 11.2. The van der Waals surface area contributed by atoms with E-state index in [1.54, 1.807) is 73.1 Å². The molecule has 1 fully saturated rings. The molecule has 1 aliphatic heterocycles. The number of ketones is 1. The summed E-state index contributed by atoms with van der Waals surface area (Å²) in [7, 11) is 0. The van der Waals surface area contributed by atoms with Crippen LogP contribution in [0.2, 0.25) is 0 Å². The Balaban J connectivity index is 1.82. The minimum atomic E-state index is -0.887. The molecule has 2 N–H and O–H groups in total. The minimum Gasteiger partial charge on any atom is -0.507 e. The van der Waals surface area contributed by atoms with E-state index in [1.807, 2.05) is 6.92 Å². The van der Waals surface area contributed by atoms with Crippen LogP contribution < -0.4 is 15.0 Å². The van der Waals surface area contributed by atoms with E-state index < -0.39 is 17.7 Å². The zero-order chi connectivity index (χ0) is 24.9. The summed E-state index contributed by atoms with van der Waals surface area (Å²) in [6.07, 6.45) is 3.98. The first kappa shape index (κ1) is 23.7. The smallest absolute Gasteiger partial charge is 0.300 e. The van der Waals surface area contributed by atoms with Gasteiger partial charge in [-0.05, 0) is 66.6 Å². The molecule has 8 heteroatoms. The van der Waals surface area contributed by atoms with Gasteiger partial charge in [0.25, 0.3) is 11.7 Å². The Kier molecular flexibility index (Phi) is 6.91. The van der Waals surface area contributed by atoms with E-state index in [-0.39, 0.29) is 17.2 Å². The second-order valence-corrected chi connectivity index (χ2v) is 8.05. The van der Waals surface area contributed by atoms with E-state index in [2.05, 4.69) is 10.3 Å². The Morgan fingerprint density at radius 1 is 1.09 bits per heavy atom. The molecular weight excluding hydrogens is 446 g/mol. The second-order valence-electron chi connectivity index (χ2n) is 8.05. The monoisotopic (exact) mass is 471 g/mol. The lowest BCUT2D eigenvalue weighted by molar-refractivity contribution is -0.132. The standard InChI is InChI=1S/C27H25N3O5/c1-3-15-35-22-9-7-19(8-10-22)25(32)23-24(18-11-13-28-14-12-18)30(27(34)26(23)33)21-6-4-5-20(16-21)29-17(2)31/h4-14,16,24,32H,3,15H2,1-2H3,(H,29,31)/b25-23+. The average molecular weight is 472 g/mol. The normalized spacial score (nSPS) is 16.9. The fourth-order valence-corrected chi connectivity index (χ4v) is 3.98. The second kappa shape index (κ2) is 10.2. The first-order valence-corrected chi connectivity index (χ1v) is 11.2. The summed E-state index contributed by atoms with van der Waals surface area (Å²) in [6, 6.07) is 15.9. The number of carbonyl (C=O) groups is 3. The number of pyridine rings is 1. The highest BCUT2D eigenvalue weighted by Gasteiger charge is 2.47. The number of aliphatic hydroxyl groups excluding tert-OH is 1. The summed E-state index contributed by atoms with van der Waals surface area (Å²) in [4.78, 5) is 43.4. The molecule has 0 bridgehead atoms. The Labute approximate surface area is 202 Å². The fraction of sp³-hybridized carbons (Fsp3) is 0.185. The number of carbonyl (C=O) groups excluding carboxylic acids is 3. The number of benzene rings is 2. The van der Waals surface area contributed by atoms with E-state index in [4.69, 9.17) is 4.74 Å². The quantitative estimate of drug-likeness (QED) is 0.299. The van der Waals surface area contributed by atoms with Gasteiger partial charge >= 0.3 is 0 Å². The van der Waals surface area contributed by atoms with Crippen LogP contribution in [0.5, 0.6) is 5.75 Å². The zero-order valence-electron chi connectivity index (χ0n) is 19.4. The maximum Gasteiger partial charge on any atom is 0.300 e. The molecule has 2 aromatic carbocycles. The molecule has 1 aromatic heterocycles. The lowest BCUT2D eigenvalue weighted by Gasteiger charge is -2.25. The zero-order valence-corrected chi connectivity index (χ0v) is 19.4. The van der Waals surface area contributed by atoms with Crippen molar-refractivity contribution in [3.8, 4) is 5.75 Å². The minimum absolute atomic E-state index is 0.0339. The van der Waals surface area contributed by atoms with Crippen LogP contribution in [0.4, 0.5) is 11.4 Å². The molecule has 35 heavy (non-hydrogen) atoms. The number of nitrogens with one attached hydrogen (secondary N) is 1. The summed E-state index contributed by atoms with van der Waals surface area (Å²) in [5.41, 5.74) is 1.84. The molecule has 0 radical (unpaired) electrons. The van der Waals surface area contributed by atoms with Crippen molar-refractivity contribution in [2.45, 2.75) is 26.3 Å². The third kappa shape index (κ3) is 4.91. The highest BCUT2D eigenvalue weighted by molar-refractivity contribution is 6.51. The molecule has 1 saturated heterocycles. The summed E-state index contributed by atoms with van der Waals surface area (Å²) < 4.78 is 5.59. The fourth-order valence-electron chi connectivity index (χ4n) is 3.98. The van der Waals surface area contributed by atoms with Crippen molar-refractivity contribution in [3.05, 3.63) is 89.8 Å². The highest BCUT2D eigenvalue weighted by Crippen LogP contribution is 2.42. The van der Waals surface area contributed by atoms with Gasteiger partial charge < -0.3 is 15.2 Å². The Hall–Kier alpha value is -4.46. The number of ether oxygens (including phenoxy) is 1. The third-order valence-corrected chi connectivity index (χ3v) is 5.51. The summed E-state index contributed by atoms with van der Waals surface area (Å²) in [5, 5.41) is 13.9. The van der Waals surface area contributed by atoms with Gasteiger partial charge in [-0.25, -0.2) is 0 Å². The Morgan fingerprint density at radius 2 is 1.80 bits per heavy atom. The van der Waals surface area contributed by atoms with E-state index in [0.29, 0.717) is 34.9 Å². The van der Waals surface area contributed by atoms with E-state index in [0.717, 1.165) is 6.42 Å². The Morgan fingerprint density at radius 3 is 2.46 bits per heavy atom. The van der Waals surface area contributed by atoms with Gasteiger partial charge in [-0.1, -0.05) is 13.0 Å². The van der Waals surface area contributed by atoms with Crippen molar-refractivity contribution in [3.63, 3.8) is 0 Å². The van der Waals surface area contributed by atoms with Crippen LogP contribution >= 0.6 is 0 Å². The Bertz CT molecular complexity index is 1290. The van der Waals surface area contributed by atoms with Crippen molar-refractivity contribution >= 4 is 34.7 Å². The van der Waals surface area contributed by atoms with Crippen molar-refractivity contribution in [1.82, 2.24) is 4.98 Å². The molecule has 2 heterocycles. The topological polar surface area (TPSA) is 109 Å². The maximum atomic E-state index is 13.2. The lowest BCUT2D eigenvalue weighted by Crippen LogP contribution is -2.29. The predicted octanol–water partition coefficient (Wildman–Crippen LogP) is 4.46. The molecule has 1 atom stereocenters. The maximum absolute atomic E-state index is 13.2. The number of aromatic nitrogens is 1. The van der Waals surface area contributed by atoms with Crippen LogP contribution in [0, 0.1) is 0 Å². The molecule has 3 aromatic rings. The number of hydrogen-bond donors (Lipinski definition) is 2. The number of rotatable bonds is 7. The van der Waals surface area contributed by atoms with Gasteiger partial charge in [-0.15, -0.1) is 0 Å². The van der Waals surface area contributed by atoms with E-state index in [9.17, 15) is 19.5 Å². The van der Waals surface area contributed by atoms with Gasteiger partial charge in [0.2, 0.25) is 5.91 Å². The lowest BCUT2D eigenvalue weighted by atomic mass is 9.95. The number of hydrogen-bond acceptors (Lipinski definition) is 6. The molecule has 2 amide bonds. The van der Waals surface area contributed by atoms with Crippen LogP contribution in [0.1, 0.15) is 37.4 Å². The molecule has 1 aliphatic rings. The average Bonchev–Trinajstić information content (AvgIpc) is 3.13. The van der Waals surface area contributed by atoms with Gasteiger partial charge in [-0.3, -0.25) is 24.3 Å². The van der Waals surface area contributed by atoms with Crippen molar-refractivity contribution < 1.29 is 24.2 Å². The number of aliphatic hydroxyl groups is 1. The van der Waals surface area contributed by atoms with Gasteiger partial charge in [0.05, 0.1) is 18.2 Å². The number of anilines is 2. The largest absolute Gasteiger partial charge is 0.507 e. The van der Waals surface area contributed by atoms with Gasteiger partial charge in [0.15, 0.2) is 0 Å². The summed E-state index contributed by atoms with van der Waals surface area (Å²) in [6.45, 7) is 3.95. The van der Waals surface area contributed by atoms with Crippen molar-refractivity contribution in [2.75, 3.05) is 16.8 Å². The first-order chi connectivity index (χ1) is 16.9. The molecule has 8 nitrogen and oxygen atoms in total. The van der Waals surface area contributed by atoms with Crippen LogP contribution in [0.15, 0.2) is 78.6 Å². The molecule has 4 rings (SSSR count). The molecule has 1 unspecified atom stereocenters. The SMILES string of the molecule is CCCOc1ccc(/C(O)=C2\C(=O)C(=O)N(c3cccc(NC(C)=O)c3)C2c2ccncc2)cc1. The molecule has 0 spiro atoms. The van der Waals surface area contributed by atoms with Crippen LogP contribution in [-0.2, 0) is 14.4 Å². The van der Waals surface area contributed by atoms with E-state index in [1.165, 1.54) is 11.8 Å². The number of amides is 2. The molecular formula is C27H25N3O5. The van der Waals surface area contributed by atoms with Crippen molar-refractivity contribution in [1.29, 1.82) is 0 Å². The summed E-state index contributed by atoms with van der Waals surface area (Å²) in [5.74, 6) is -1.49. The highest BCUT2D eigenvalue weighted by atomic mass is 16.5. The number of nitrogens with zero attached hydrogens (tertiary/aromatic N) is 2. The predicted molar refractivity (Wildman–Crippen MR) is 132 cm³/mol. The molecule has 178 valence electrons. The van der Waals surface area contributed by atoms with Crippen LogP contribution in [0.25, 0.3) is 5.76 Å². The van der Waals surface area contributed by atoms with Crippen LogP contribution in [-0.4, -0.2) is 34.3 Å². The molecule has 0 saturated carbocycles. The van der Waals surface area contributed by atoms with Gasteiger partial charge in [0.1, 0.15) is 11.5 Å². The molecule has 0 aliphatic carbocycles. The van der Waals surface area contributed by atoms with Gasteiger partial charge in [-0.2, -0.15) is 0 Å². The van der Waals surface area contributed by atoms with Gasteiger partial charge in [0, 0.05) is 36.3 Å². The van der Waals surface area contributed by atoms with Crippen LogP contribution in [0.3, 0.4) is 0 Å². The van der Waals surface area contributed by atoms with E-state index >= 15 is 0 Å².